The molecular formula is C30H25NO3S. The van der Waals surface area contributed by atoms with E-state index in [1.165, 1.54) is 34.0 Å². The lowest BCUT2D eigenvalue weighted by Gasteiger charge is -2.16. The van der Waals surface area contributed by atoms with Gasteiger partial charge in [0.15, 0.2) is 6.29 Å². The molecule has 0 saturated heterocycles. The molecule has 4 aromatic carbocycles. The highest BCUT2D eigenvalue weighted by Crippen LogP contribution is 2.44. The van der Waals surface area contributed by atoms with Crippen molar-refractivity contribution in [1.29, 1.82) is 0 Å². The first kappa shape index (κ1) is 22.9. The minimum atomic E-state index is -0.445. The fourth-order valence-corrected chi connectivity index (χ4v) is 5.72. The molecule has 0 fully saturated rings. The van der Waals surface area contributed by atoms with Gasteiger partial charge in [-0.1, -0.05) is 90.6 Å². The van der Waals surface area contributed by atoms with Crippen LogP contribution in [0.3, 0.4) is 0 Å². The Morgan fingerprint density at radius 3 is 2.20 bits per heavy atom. The SMILES string of the molecule is Cc1cccc(Sc2ccccc2C=O)c1CNC(=O)OCC1c2ccccc2-c2ccccc21. The van der Waals surface area contributed by atoms with Crippen LogP contribution in [-0.4, -0.2) is 19.0 Å². The maximum Gasteiger partial charge on any atom is 0.407 e. The summed E-state index contributed by atoms with van der Waals surface area (Å²) in [6.45, 7) is 2.64. The molecule has 174 valence electrons. The number of carbonyl (C=O) groups is 2. The van der Waals surface area contributed by atoms with Crippen LogP contribution in [0.4, 0.5) is 4.79 Å². The van der Waals surface area contributed by atoms with E-state index >= 15 is 0 Å². The van der Waals surface area contributed by atoms with E-state index in [1.54, 1.807) is 6.07 Å². The van der Waals surface area contributed by atoms with E-state index in [-0.39, 0.29) is 12.5 Å². The average molecular weight is 480 g/mol. The number of carbonyl (C=O) groups excluding carboxylic acids is 2. The van der Waals surface area contributed by atoms with Crippen LogP contribution in [0.1, 0.15) is 38.5 Å². The molecule has 0 atom stereocenters. The van der Waals surface area contributed by atoms with Crippen molar-refractivity contribution in [2.45, 2.75) is 29.2 Å². The Balaban J connectivity index is 1.27. The molecule has 0 unspecified atom stereocenters. The summed E-state index contributed by atoms with van der Waals surface area (Å²) in [7, 11) is 0. The topological polar surface area (TPSA) is 55.4 Å². The zero-order chi connectivity index (χ0) is 24.2. The Bertz CT molecular complexity index is 1350. The maximum absolute atomic E-state index is 12.7. The van der Waals surface area contributed by atoms with Crippen LogP contribution in [-0.2, 0) is 11.3 Å². The van der Waals surface area contributed by atoms with E-state index in [9.17, 15) is 9.59 Å². The van der Waals surface area contributed by atoms with Gasteiger partial charge < -0.3 is 10.1 Å². The summed E-state index contributed by atoms with van der Waals surface area (Å²) < 4.78 is 5.69. The second-order valence-electron chi connectivity index (χ2n) is 8.49. The third-order valence-corrected chi connectivity index (χ3v) is 7.58. The number of nitrogens with one attached hydrogen (secondary N) is 1. The normalized spacial score (nSPS) is 12.0. The summed E-state index contributed by atoms with van der Waals surface area (Å²) in [6, 6.07) is 30.1. The third kappa shape index (κ3) is 4.73. The fourth-order valence-electron chi connectivity index (χ4n) is 4.60. The van der Waals surface area contributed by atoms with Crippen molar-refractivity contribution in [3.63, 3.8) is 0 Å². The standard InChI is InChI=1S/C30H25NO3S/c1-20-9-8-16-29(35-28-15-7-2-10-21(28)18-32)26(20)17-31-30(33)34-19-27-24-13-5-3-11-22(24)23-12-4-6-14-25(23)27/h2-16,18,27H,17,19H2,1H3,(H,31,33). The Kier molecular flexibility index (Phi) is 6.68. The van der Waals surface area contributed by atoms with Gasteiger partial charge in [-0.15, -0.1) is 0 Å². The van der Waals surface area contributed by atoms with Gasteiger partial charge in [-0.2, -0.15) is 0 Å². The quantitative estimate of drug-likeness (QED) is 0.290. The summed E-state index contributed by atoms with van der Waals surface area (Å²) in [4.78, 5) is 26.0. The molecule has 5 rings (SSSR count). The van der Waals surface area contributed by atoms with E-state index in [1.807, 2.05) is 67.6 Å². The third-order valence-electron chi connectivity index (χ3n) is 6.39. The highest BCUT2D eigenvalue weighted by Gasteiger charge is 2.29. The molecule has 4 aromatic rings. The number of fused-ring (bicyclic) bond motifs is 3. The van der Waals surface area contributed by atoms with Crippen LogP contribution in [0.5, 0.6) is 0 Å². The summed E-state index contributed by atoms with van der Waals surface area (Å²) >= 11 is 1.53. The molecule has 4 nitrogen and oxygen atoms in total. The van der Waals surface area contributed by atoms with Crippen LogP contribution in [0.25, 0.3) is 11.1 Å². The number of hydrogen-bond acceptors (Lipinski definition) is 4. The van der Waals surface area contributed by atoms with Crippen molar-refractivity contribution in [1.82, 2.24) is 5.32 Å². The van der Waals surface area contributed by atoms with Gasteiger partial charge in [0.1, 0.15) is 6.61 Å². The minimum Gasteiger partial charge on any atom is -0.449 e. The molecule has 0 radical (unpaired) electrons. The number of hydrogen-bond donors (Lipinski definition) is 1. The van der Waals surface area contributed by atoms with E-state index in [0.717, 1.165) is 27.2 Å². The van der Waals surface area contributed by atoms with Crippen LogP contribution >= 0.6 is 11.8 Å². The van der Waals surface area contributed by atoms with Gasteiger partial charge in [-0.25, -0.2) is 4.79 Å². The summed E-state index contributed by atoms with van der Waals surface area (Å²) in [5.74, 6) is 0.0255. The Labute approximate surface area is 209 Å². The molecule has 1 amide bonds. The lowest BCUT2D eigenvalue weighted by molar-refractivity contribution is 0.112. The Morgan fingerprint density at radius 2 is 1.49 bits per heavy atom. The van der Waals surface area contributed by atoms with E-state index in [4.69, 9.17) is 4.74 Å². The second kappa shape index (κ2) is 10.2. The van der Waals surface area contributed by atoms with Gasteiger partial charge in [0.05, 0.1) is 0 Å². The zero-order valence-electron chi connectivity index (χ0n) is 19.4. The number of aryl methyl sites for hydroxylation is 1. The first-order valence-corrected chi connectivity index (χ1v) is 12.4. The van der Waals surface area contributed by atoms with Gasteiger partial charge in [-0.05, 0) is 52.4 Å². The van der Waals surface area contributed by atoms with Crippen molar-refractivity contribution in [2.24, 2.45) is 0 Å². The molecule has 0 aromatic heterocycles. The predicted molar refractivity (Wildman–Crippen MR) is 139 cm³/mol. The van der Waals surface area contributed by atoms with Crippen LogP contribution in [0, 0.1) is 6.92 Å². The zero-order valence-corrected chi connectivity index (χ0v) is 20.2. The number of amides is 1. The molecule has 0 bridgehead atoms. The molecule has 1 N–H and O–H groups in total. The van der Waals surface area contributed by atoms with Crippen molar-refractivity contribution in [3.05, 3.63) is 119 Å². The summed E-state index contributed by atoms with van der Waals surface area (Å²) in [5.41, 5.74) is 7.50. The number of alkyl carbamates (subject to hydrolysis) is 1. The van der Waals surface area contributed by atoms with Crippen LogP contribution < -0.4 is 5.32 Å². The molecule has 0 saturated carbocycles. The number of ether oxygens (including phenoxy) is 1. The monoisotopic (exact) mass is 479 g/mol. The molecule has 1 aliphatic carbocycles. The molecule has 0 heterocycles. The lowest BCUT2D eigenvalue weighted by Crippen LogP contribution is -2.26. The number of rotatable bonds is 7. The fraction of sp³-hybridized carbons (Fsp3) is 0.133. The van der Waals surface area contributed by atoms with Crippen molar-refractivity contribution in [3.8, 4) is 11.1 Å². The molecule has 35 heavy (non-hydrogen) atoms. The highest BCUT2D eigenvalue weighted by molar-refractivity contribution is 7.99. The molecule has 0 aliphatic heterocycles. The van der Waals surface area contributed by atoms with Crippen molar-refractivity contribution >= 4 is 24.1 Å². The van der Waals surface area contributed by atoms with Crippen LogP contribution in [0.2, 0.25) is 0 Å². The molecular weight excluding hydrogens is 454 g/mol. The van der Waals surface area contributed by atoms with Crippen LogP contribution in [0.15, 0.2) is 101 Å². The Morgan fingerprint density at radius 1 is 0.857 bits per heavy atom. The largest absolute Gasteiger partial charge is 0.449 e. The molecule has 0 spiro atoms. The van der Waals surface area contributed by atoms with E-state index < -0.39 is 6.09 Å². The Hall–Kier alpha value is -3.83. The van der Waals surface area contributed by atoms with E-state index in [2.05, 4.69) is 29.6 Å². The van der Waals surface area contributed by atoms with Gasteiger partial charge in [0.2, 0.25) is 0 Å². The van der Waals surface area contributed by atoms with Crippen molar-refractivity contribution in [2.75, 3.05) is 6.61 Å². The van der Waals surface area contributed by atoms with E-state index in [0.29, 0.717) is 12.1 Å². The smallest absolute Gasteiger partial charge is 0.407 e. The number of benzene rings is 4. The first-order valence-electron chi connectivity index (χ1n) is 11.5. The molecule has 1 aliphatic rings. The summed E-state index contributed by atoms with van der Waals surface area (Å²) in [5, 5.41) is 2.92. The van der Waals surface area contributed by atoms with Gasteiger partial charge in [-0.3, -0.25) is 4.79 Å². The van der Waals surface area contributed by atoms with Crippen molar-refractivity contribution < 1.29 is 14.3 Å². The number of aldehydes is 1. The van der Waals surface area contributed by atoms with Gasteiger partial charge >= 0.3 is 6.09 Å². The van der Waals surface area contributed by atoms with Gasteiger partial charge in [0, 0.05) is 27.8 Å². The summed E-state index contributed by atoms with van der Waals surface area (Å²) in [6.07, 6.45) is 0.423. The van der Waals surface area contributed by atoms with Gasteiger partial charge in [0.25, 0.3) is 0 Å². The average Bonchev–Trinajstić information content (AvgIpc) is 3.21. The lowest BCUT2D eigenvalue weighted by atomic mass is 9.98. The minimum absolute atomic E-state index is 0.0255. The first-order chi connectivity index (χ1) is 17.2. The molecule has 5 heteroatoms. The predicted octanol–water partition coefficient (Wildman–Crippen LogP) is 7.00. The highest BCUT2D eigenvalue weighted by atomic mass is 32.2. The maximum atomic E-state index is 12.7. The second-order valence-corrected chi connectivity index (χ2v) is 9.57.